The van der Waals surface area contributed by atoms with E-state index < -0.39 is 28.0 Å². The molecule has 3 rings (SSSR count). The number of hydrogen-bond donors (Lipinski definition) is 0. The molecule has 0 amide bonds. The monoisotopic (exact) mass is 395 g/mol. The van der Waals surface area contributed by atoms with Crippen molar-refractivity contribution in [2.45, 2.75) is 17.4 Å². The number of rotatable bonds is 4. The lowest BCUT2D eigenvalue weighted by molar-refractivity contribution is -0.145. The largest absolute Gasteiger partial charge is 0.468 e. The molecule has 9 heteroatoms. The van der Waals surface area contributed by atoms with E-state index in [2.05, 4.69) is 4.74 Å². The standard InChI is InChI=1S/C17H17NO6S2/c1-23-16(19)11-3-5-12(6-4-11)26(21,22)18-9-7-14-13(8-10-25-14)15(18)17(20)24-2/h3-6,8,10,15H,7,9H2,1-2H3. The summed E-state index contributed by atoms with van der Waals surface area (Å²) in [4.78, 5) is 24.8. The Morgan fingerprint density at radius 3 is 2.42 bits per heavy atom. The highest BCUT2D eigenvalue weighted by atomic mass is 32.2. The van der Waals surface area contributed by atoms with Gasteiger partial charge >= 0.3 is 11.9 Å². The van der Waals surface area contributed by atoms with Gasteiger partial charge in [0.2, 0.25) is 10.0 Å². The number of thiophene rings is 1. The maximum atomic E-state index is 13.1. The summed E-state index contributed by atoms with van der Waals surface area (Å²) in [5, 5.41) is 1.84. The summed E-state index contributed by atoms with van der Waals surface area (Å²) < 4.78 is 36.8. The molecule has 0 bridgehead atoms. The van der Waals surface area contributed by atoms with Crippen molar-refractivity contribution >= 4 is 33.3 Å². The van der Waals surface area contributed by atoms with Crippen LogP contribution >= 0.6 is 11.3 Å². The van der Waals surface area contributed by atoms with Crippen molar-refractivity contribution in [1.82, 2.24) is 4.31 Å². The third kappa shape index (κ3) is 3.13. The van der Waals surface area contributed by atoms with E-state index in [1.807, 2.05) is 5.38 Å². The van der Waals surface area contributed by atoms with Crippen LogP contribution < -0.4 is 0 Å². The molecule has 0 spiro atoms. The number of ether oxygens (including phenoxy) is 2. The molecule has 2 aromatic rings. The molecule has 0 saturated carbocycles. The van der Waals surface area contributed by atoms with E-state index in [0.29, 0.717) is 12.0 Å². The molecule has 7 nitrogen and oxygen atoms in total. The SMILES string of the molecule is COC(=O)c1ccc(S(=O)(=O)N2CCc3sccc3C2C(=O)OC)cc1. The van der Waals surface area contributed by atoms with Gasteiger partial charge in [0.25, 0.3) is 0 Å². The van der Waals surface area contributed by atoms with Crippen LogP contribution in [0.5, 0.6) is 0 Å². The zero-order valence-corrected chi connectivity index (χ0v) is 15.8. The third-order valence-corrected chi connectivity index (χ3v) is 7.10. The first-order valence-electron chi connectivity index (χ1n) is 7.74. The summed E-state index contributed by atoms with van der Waals surface area (Å²) in [6.07, 6.45) is 0.528. The summed E-state index contributed by atoms with van der Waals surface area (Å²) in [7, 11) is -1.47. The normalized spacial score (nSPS) is 17.4. The summed E-state index contributed by atoms with van der Waals surface area (Å²) in [5.41, 5.74) is 0.901. The lowest BCUT2D eigenvalue weighted by Crippen LogP contribution is -2.43. The molecule has 2 heterocycles. The van der Waals surface area contributed by atoms with Gasteiger partial charge in [-0.1, -0.05) is 0 Å². The molecule has 0 N–H and O–H groups in total. The van der Waals surface area contributed by atoms with Gasteiger partial charge in [0, 0.05) is 11.4 Å². The number of carbonyl (C=O) groups excluding carboxylic acids is 2. The van der Waals surface area contributed by atoms with Gasteiger partial charge in [-0.15, -0.1) is 11.3 Å². The van der Waals surface area contributed by atoms with E-state index in [1.54, 1.807) is 6.07 Å². The van der Waals surface area contributed by atoms with Crippen LogP contribution in [0.3, 0.4) is 0 Å². The van der Waals surface area contributed by atoms with E-state index in [9.17, 15) is 18.0 Å². The number of fused-ring (bicyclic) bond motifs is 1. The van der Waals surface area contributed by atoms with E-state index >= 15 is 0 Å². The number of carbonyl (C=O) groups is 2. The molecular formula is C17H17NO6S2. The number of benzene rings is 1. The van der Waals surface area contributed by atoms with E-state index in [1.165, 1.54) is 49.8 Å². The molecule has 1 aromatic carbocycles. The molecule has 0 fully saturated rings. The second-order valence-corrected chi connectivity index (χ2v) is 8.50. The van der Waals surface area contributed by atoms with Crippen LogP contribution in [-0.2, 0) is 30.7 Å². The van der Waals surface area contributed by atoms with Crippen molar-refractivity contribution in [3.63, 3.8) is 0 Å². The number of esters is 2. The maximum absolute atomic E-state index is 13.1. The minimum atomic E-state index is -3.95. The van der Waals surface area contributed by atoms with Crippen molar-refractivity contribution < 1.29 is 27.5 Å². The average molecular weight is 395 g/mol. The first-order chi connectivity index (χ1) is 12.4. The highest BCUT2D eigenvalue weighted by Crippen LogP contribution is 2.37. The fourth-order valence-electron chi connectivity index (χ4n) is 2.92. The smallest absolute Gasteiger partial charge is 0.337 e. The van der Waals surface area contributed by atoms with Crippen LogP contribution in [0.1, 0.15) is 26.8 Å². The molecule has 0 radical (unpaired) electrons. The average Bonchev–Trinajstić information content (AvgIpc) is 3.14. The Morgan fingerprint density at radius 2 is 1.81 bits per heavy atom. The van der Waals surface area contributed by atoms with Crippen molar-refractivity contribution in [2.75, 3.05) is 20.8 Å². The van der Waals surface area contributed by atoms with Gasteiger partial charge in [-0.3, -0.25) is 0 Å². The van der Waals surface area contributed by atoms with Gasteiger partial charge in [0.05, 0.1) is 24.7 Å². The molecule has 0 saturated heterocycles. The zero-order chi connectivity index (χ0) is 18.9. The quantitative estimate of drug-likeness (QED) is 0.736. The highest BCUT2D eigenvalue weighted by molar-refractivity contribution is 7.89. The minimum absolute atomic E-state index is 0.00210. The van der Waals surface area contributed by atoms with Crippen LogP contribution in [0, 0.1) is 0 Å². The van der Waals surface area contributed by atoms with Crippen LogP contribution in [-0.4, -0.2) is 45.4 Å². The maximum Gasteiger partial charge on any atom is 0.337 e. The number of sulfonamides is 1. The van der Waals surface area contributed by atoms with Crippen LogP contribution in [0.25, 0.3) is 0 Å². The number of hydrogen-bond acceptors (Lipinski definition) is 7. The van der Waals surface area contributed by atoms with Crippen molar-refractivity contribution in [3.8, 4) is 0 Å². The summed E-state index contributed by atoms with van der Waals surface area (Å²) in [6.45, 7) is 0.175. The fraction of sp³-hybridized carbons (Fsp3) is 0.294. The molecule has 26 heavy (non-hydrogen) atoms. The molecule has 1 aliphatic heterocycles. The van der Waals surface area contributed by atoms with Gasteiger partial charge < -0.3 is 9.47 Å². The Hall–Kier alpha value is -2.23. The van der Waals surface area contributed by atoms with Gasteiger partial charge in [-0.05, 0) is 47.7 Å². The Balaban J connectivity index is 2.00. The Morgan fingerprint density at radius 1 is 1.12 bits per heavy atom. The van der Waals surface area contributed by atoms with Crippen LogP contribution in [0.2, 0.25) is 0 Å². The lowest BCUT2D eigenvalue weighted by Gasteiger charge is -2.32. The first kappa shape index (κ1) is 18.6. The van der Waals surface area contributed by atoms with Crippen molar-refractivity contribution in [3.05, 3.63) is 51.7 Å². The minimum Gasteiger partial charge on any atom is -0.468 e. The molecule has 1 aliphatic rings. The summed E-state index contributed by atoms with van der Waals surface area (Å²) >= 11 is 1.49. The van der Waals surface area contributed by atoms with Crippen molar-refractivity contribution in [1.29, 1.82) is 0 Å². The predicted octanol–water partition coefficient (Wildman–Crippen LogP) is 2.00. The van der Waals surface area contributed by atoms with E-state index in [4.69, 9.17) is 4.74 Å². The number of nitrogens with zero attached hydrogens (tertiary/aromatic N) is 1. The number of methoxy groups -OCH3 is 2. The Bertz CT molecular complexity index is 932. The Labute approximate surface area is 155 Å². The van der Waals surface area contributed by atoms with E-state index in [-0.39, 0.29) is 17.0 Å². The second-order valence-electron chi connectivity index (χ2n) is 5.61. The zero-order valence-electron chi connectivity index (χ0n) is 14.2. The summed E-state index contributed by atoms with van der Waals surface area (Å²) in [6, 6.07) is 6.17. The topological polar surface area (TPSA) is 90.0 Å². The molecular weight excluding hydrogens is 378 g/mol. The summed E-state index contributed by atoms with van der Waals surface area (Å²) in [5.74, 6) is -1.18. The Kier molecular flexibility index (Phi) is 5.12. The van der Waals surface area contributed by atoms with Gasteiger partial charge in [-0.2, -0.15) is 4.31 Å². The predicted molar refractivity (Wildman–Crippen MR) is 94.5 cm³/mol. The van der Waals surface area contributed by atoms with E-state index in [0.717, 1.165) is 9.18 Å². The van der Waals surface area contributed by atoms with Gasteiger partial charge in [-0.25, -0.2) is 18.0 Å². The molecule has 1 unspecified atom stereocenters. The fourth-order valence-corrected chi connectivity index (χ4v) is 5.39. The second kappa shape index (κ2) is 7.18. The van der Waals surface area contributed by atoms with Crippen molar-refractivity contribution in [2.24, 2.45) is 0 Å². The lowest BCUT2D eigenvalue weighted by atomic mass is 10.0. The third-order valence-electron chi connectivity index (χ3n) is 4.23. The first-order valence-corrected chi connectivity index (χ1v) is 10.1. The molecule has 1 aromatic heterocycles. The van der Waals surface area contributed by atoms with Gasteiger partial charge in [0.15, 0.2) is 0 Å². The molecule has 138 valence electrons. The van der Waals surface area contributed by atoms with Crippen LogP contribution in [0.15, 0.2) is 40.6 Å². The highest BCUT2D eigenvalue weighted by Gasteiger charge is 2.41. The molecule has 0 aliphatic carbocycles. The molecule has 1 atom stereocenters. The van der Waals surface area contributed by atoms with Gasteiger partial charge in [0.1, 0.15) is 6.04 Å². The van der Waals surface area contributed by atoms with Crippen LogP contribution in [0.4, 0.5) is 0 Å².